The van der Waals surface area contributed by atoms with E-state index in [4.69, 9.17) is 15.2 Å². The molecule has 0 heterocycles. The Labute approximate surface area is 124 Å². The van der Waals surface area contributed by atoms with Gasteiger partial charge in [0.1, 0.15) is 5.75 Å². The van der Waals surface area contributed by atoms with Gasteiger partial charge in [0.15, 0.2) is 13.2 Å². The first-order chi connectivity index (χ1) is 9.97. The highest BCUT2D eigenvalue weighted by Crippen LogP contribution is 2.12. The molecule has 1 aromatic carbocycles. The fraction of sp³-hybridized carbons (Fsp3) is 0.467. The van der Waals surface area contributed by atoms with Gasteiger partial charge in [-0.1, -0.05) is 13.8 Å². The molecular weight excluding hydrogens is 272 g/mol. The van der Waals surface area contributed by atoms with Crippen LogP contribution in [0.3, 0.4) is 0 Å². The minimum absolute atomic E-state index is 0.247. The van der Waals surface area contributed by atoms with Gasteiger partial charge in [0.05, 0.1) is 0 Å². The van der Waals surface area contributed by atoms with Crippen LogP contribution in [0.25, 0.3) is 0 Å². The maximum Gasteiger partial charge on any atom is 0.344 e. The minimum Gasteiger partial charge on any atom is -0.482 e. The van der Waals surface area contributed by atoms with Crippen molar-refractivity contribution in [3.63, 3.8) is 0 Å². The Bertz CT molecular complexity index is 457. The van der Waals surface area contributed by atoms with Crippen molar-refractivity contribution in [2.45, 2.75) is 20.3 Å². The van der Waals surface area contributed by atoms with Gasteiger partial charge in [0.2, 0.25) is 0 Å². The van der Waals surface area contributed by atoms with Gasteiger partial charge in [-0.25, -0.2) is 4.79 Å². The van der Waals surface area contributed by atoms with Crippen molar-refractivity contribution in [1.29, 1.82) is 0 Å². The summed E-state index contributed by atoms with van der Waals surface area (Å²) < 4.78 is 10.0. The summed E-state index contributed by atoms with van der Waals surface area (Å²) in [6.45, 7) is 4.18. The highest BCUT2D eigenvalue weighted by molar-refractivity contribution is 5.80. The van der Waals surface area contributed by atoms with Crippen molar-refractivity contribution in [2.75, 3.05) is 25.5 Å². The van der Waals surface area contributed by atoms with Gasteiger partial charge in [0, 0.05) is 12.2 Å². The molecule has 1 aromatic rings. The Morgan fingerprint density at radius 3 is 2.48 bits per heavy atom. The highest BCUT2D eigenvalue weighted by atomic mass is 16.6. The lowest BCUT2D eigenvalue weighted by atomic mass is 10.1. The molecule has 1 amide bonds. The number of nitrogen functional groups attached to an aromatic ring is 1. The standard InChI is InChI=1S/C15H22N2O4/c1-11(2)7-8-17-14(18)9-21-15(19)10-20-13-5-3-12(16)4-6-13/h3-6,11H,7-10,16H2,1-2H3,(H,17,18). The van der Waals surface area contributed by atoms with Gasteiger partial charge in [0.25, 0.3) is 5.91 Å². The second-order valence-electron chi connectivity index (χ2n) is 5.05. The SMILES string of the molecule is CC(C)CCNC(=O)COC(=O)COc1ccc(N)cc1. The summed E-state index contributed by atoms with van der Waals surface area (Å²) in [7, 11) is 0. The summed E-state index contributed by atoms with van der Waals surface area (Å²) in [5.74, 6) is 0.131. The predicted octanol–water partition coefficient (Wildman–Crippen LogP) is 1.35. The zero-order valence-corrected chi connectivity index (χ0v) is 12.4. The molecule has 0 fully saturated rings. The molecule has 1 rings (SSSR count). The molecule has 0 unspecified atom stereocenters. The number of carbonyl (C=O) groups excluding carboxylic acids is 2. The van der Waals surface area contributed by atoms with Crippen molar-refractivity contribution in [3.05, 3.63) is 24.3 Å². The van der Waals surface area contributed by atoms with Crippen LogP contribution in [0, 0.1) is 5.92 Å². The third kappa shape index (κ3) is 7.81. The molecule has 0 atom stereocenters. The lowest BCUT2D eigenvalue weighted by molar-refractivity contribution is -0.150. The van der Waals surface area contributed by atoms with Crippen LogP contribution in [-0.2, 0) is 14.3 Å². The first kappa shape index (κ1) is 16.8. The average molecular weight is 294 g/mol. The van der Waals surface area contributed by atoms with E-state index in [1.54, 1.807) is 24.3 Å². The van der Waals surface area contributed by atoms with Gasteiger partial charge < -0.3 is 20.5 Å². The fourth-order valence-electron chi connectivity index (χ4n) is 1.45. The molecule has 0 aliphatic heterocycles. The van der Waals surface area contributed by atoms with E-state index in [0.717, 1.165) is 6.42 Å². The van der Waals surface area contributed by atoms with Crippen LogP contribution in [0.2, 0.25) is 0 Å². The van der Waals surface area contributed by atoms with E-state index in [-0.39, 0.29) is 19.1 Å². The molecule has 3 N–H and O–H groups in total. The van der Waals surface area contributed by atoms with Crippen LogP contribution in [0.4, 0.5) is 5.69 Å². The molecule has 0 aliphatic rings. The van der Waals surface area contributed by atoms with E-state index in [9.17, 15) is 9.59 Å². The molecule has 0 aromatic heterocycles. The van der Waals surface area contributed by atoms with Crippen molar-refractivity contribution in [3.8, 4) is 5.75 Å². The van der Waals surface area contributed by atoms with Gasteiger partial charge in [-0.2, -0.15) is 0 Å². The molecule has 0 saturated carbocycles. The Balaban J connectivity index is 2.16. The normalized spacial score (nSPS) is 10.2. The van der Waals surface area contributed by atoms with Crippen molar-refractivity contribution < 1.29 is 19.1 Å². The Kier molecular flexibility index (Phi) is 7.08. The number of esters is 1. The third-order valence-electron chi connectivity index (χ3n) is 2.64. The van der Waals surface area contributed by atoms with Crippen LogP contribution in [-0.4, -0.2) is 31.6 Å². The van der Waals surface area contributed by atoms with E-state index >= 15 is 0 Å². The summed E-state index contributed by atoms with van der Waals surface area (Å²) in [5.41, 5.74) is 6.14. The van der Waals surface area contributed by atoms with Gasteiger partial charge >= 0.3 is 5.97 Å². The molecule has 0 aliphatic carbocycles. The van der Waals surface area contributed by atoms with E-state index in [1.165, 1.54) is 0 Å². The molecular formula is C15H22N2O4. The first-order valence-corrected chi connectivity index (χ1v) is 6.88. The second kappa shape index (κ2) is 8.84. The van der Waals surface area contributed by atoms with Crippen molar-refractivity contribution in [1.82, 2.24) is 5.32 Å². The van der Waals surface area contributed by atoms with Gasteiger partial charge in [-0.3, -0.25) is 4.79 Å². The molecule has 21 heavy (non-hydrogen) atoms. The van der Waals surface area contributed by atoms with Crippen molar-refractivity contribution >= 4 is 17.6 Å². The number of nitrogens with one attached hydrogen (secondary N) is 1. The summed E-state index contributed by atoms with van der Waals surface area (Å²) in [6.07, 6.45) is 0.889. The smallest absolute Gasteiger partial charge is 0.344 e. The molecule has 0 saturated heterocycles. The Hall–Kier alpha value is -2.24. The maximum absolute atomic E-state index is 11.4. The largest absolute Gasteiger partial charge is 0.482 e. The number of anilines is 1. The number of hydrogen-bond acceptors (Lipinski definition) is 5. The number of carbonyl (C=O) groups is 2. The summed E-state index contributed by atoms with van der Waals surface area (Å²) in [4.78, 5) is 22.8. The molecule has 0 radical (unpaired) electrons. The van der Waals surface area contributed by atoms with Gasteiger partial charge in [-0.05, 0) is 36.6 Å². The van der Waals surface area contributed by atoms with Crippen LogP contribution >= 0.6 is 0 Å². The van der Waals surface area contributed by atoms with Crippen LogP contribution in [0.15, 0.2) is 24.3 Å². The number of hydrogen-bond donors (Lipinski definition) is 2. The Morgan fingerprint density at radius 2 is 1.86 bits per heavy atom. The zero-order valence-electron chi connectivity index (χ0n) is 12.4. The number of nitrogens with two attached hydrogens (primary N) is 1. The lowest BCUT2D eigenvalue weighted by Crippen LogP contribution is -2.31. The minimum atomic E-state index is -0.592. The van der Waals surface area contributed by atoms with Gasteiger partial charge in [-0.15, -0.1) is 0 Å². The first-order valence-electron chi connectivity index (χ1n) is 6.88. The lowest BCUT2D eigenvalue weighted by Gasteiger charge is -2.09. The molecule has 116 valence electrons. The number of ether oxygens (including phenoxy) is 2. The zero-order chi connectivity index (χ0) is 15.7. The van der Waals surface area contributed by atoms with Crippen LogP contribution in [0.1, 0.15) is 20.3 Å². The van der Waals surface area contributed by atoms with Crippen molar-refractivity contribution in [2.24, 2.45) is 5.92 Å². The number of rotatable bonds is 8. The van der Waals surface area contributed by atoms with Crippen LogP contribution < -0.4 is 15.8 Å². The molecule has 0 spiro atoms. The average Bonchev–Trinajstić information content (AvgIpc) is 2.44. The maximum atomic E-state index is 11.4. The fourth-order valence-corrected chi connectivity index (χ4v) is 1.45. The van der Waals surface area contributed by atoms with E-state index < -0.39 is 5.97 Å². The summed E-state index contributed by atoms with van der Waals surface area (Å²) in [6, 6.07) is 6.65. The van der Waals surface area contributed by atoms with E-state index in [1.807, 2.05) is 0 Å². The molecule has 6 heteroatoms. The summed E-state index contributed by atoms with van der Waals surface area (Å²) in [5, 5.41) is 2.68. The monoisotopic (exact) mass is 294 g/mol. The third-order valence-corrected chi connectivity index (χ3v) is 2.64. The topological polar surface area (TPSA) is 90.6 Å². The van der Waals surface area contributed by atoms with E-state index in [2.05, 4.69) is 19.2 Å². The quantitative estimate of drug-likeness (QED) is 0.558. The number of benzene rings is 1. The van der Waals surface area contributed by atoms with Crippen LogP contribution in [0.5, 0.6) is 5.75 Å². The molecule has 0 bridgehead atoms. The second-order valence-corrected chi connectivity index (χ2v) is 5.05. The summed E-state index contributed by atoms with van der Waals surface area (Å²) >= 11 is 0. The Morgan fingerprint density at radius 1 is 1.19 bits per heavy atom. The highest BCUT2D eigenvalue weighted by Gasteiger charge is 2.08. The van der Waals surface area contributed by atoms with E-state index in [0.29, 0.717) is 23.9 Å². The number of amides is 1. The predicted molar refractivity (Wildman–Crippen MR) is 79.8 cm³/mol. The molecule has 6 nitrogen and oxygen atoms in total.